The number of rotatable bonds is 3. The normalized spacial score (nSPS) is 16.1. The average molecular weight is 204 g/mol. The van der Waals surface area contributed by atoms with Gasteiger partial charge in [-0.15, -0.1) is 0 Å². The molecule has 1 aromatic carbocycles. The number of nitrogens with zero attached hydrogens (tertiary/aromatic N) is 1. The first-order valence-corrected chi connectivity index (χ1v) is 5.87. The van der Waals surface area contributed by atoms with Gasteiger partial charge in [0.1, 0.15) is 0 Å². The summed E-state index contributed by atoms with van der Waals surface area (Å²) in [6.07, 6.45) is 2.67. The lowest BCUT2D eigenvalue weighted by Gasteiger charge is -2.19. The van der Waals surface area contributed by atoms with Gasteiger partial charge >= 0.3 is 0 Å². The van der Waals surface area contributed by atoms with Crippen molar-refractivity contribution in [2.45, 2.75) is 32.7 Å². The lowest BCUT2D eigenvalue weighted by molar-refractivity contribution is 0.898. The van der Waals surface area contributed by atoms with Gasteiger partial charge in [0.2, 0.25) is 0 Å². The predicted molar refractivity (Wildman–Crippen MR) is 66.6 cm³/mol. The molecule has 15 heavy (non-hydrogen) atoms. The van der Waals surface area contributed by atoms with Crippen molar-refractivity contribution in [1.29, 1.82) is 0 Å². The number of hydrogen-bond acceptors (Lipinski definition) is 2. The molecule has 1 aliphatic rings. The second-order valence-corrected chi connectivity index (χ2v) is 4.54. The Morgan fingerprint density at radius 1 is 1.20 bits per heavy atom. The summed E-state index contributed by atoms with van der Waals surface area (Å²) in [6.45, 7) is 6.77. The van der Waals surface area contributed by atoms with Gasteiger partial charge in [0.15, 0.2) is 0 Å². The van der Waals surface area contributed by atoms with E-state index in [-0.39, 0.29) is 0 Å². The molecule has 1 fully saturated rings. The van der Waals surface area contributed by atoms with E-state index in [0.29, 0.717) is 6.04 Å². The second-order valence-electron chi connectivity index (χ2n) is 4.54. The standard InChI is InChI=1S/C13H20N2/c1-11(2)14-12-6-5-7-13(10-12)15-8-3-4-9-15/h5-7,10-11,14H,3-4,8-9H2,1-2H3. The number of nitrogens with one attached hydrogen (secondary N) is 1. The highest BCUT2D eigenvalue weighted by Gasteiger charge is 2.12. The molecule has 2 rings (SSSR count). The average Bonchev–Trinajstić information content (AvgIpc) is 2.69. The fourth-order valence-electron chi connectivity index (χ4n) is 2.10. The molecule has 1 heterocycles. The van der Waals surface area contributed by atoms with Crippen molar-refractivity contribution < 1.29 is 0 Å². The predicted octanol–water partition coefficient (Wildman–Crippen LogP) is 3.11. The molecule has 1 saturated heterocycles. The number of hydrogen-bond donors (Lipinski definition) is 1. The maximum absolute atomic E-state index is 3.44. The summed E-state index contributed by atoms with van der Waals surface area (Å²) in [6, 6.07) is 9.24. The maximum Gasteiger partial charge on any atom is 0.0386 e. The van der Waals surface area contributed by atoms with E-state index in [1.54, 1.807) is 0 Å². The molecule has 2 heteroatoms. The zero-order valence-corrected chi connectivity index (χ0v) is 9.66. The summed E-state index contributed by atoms with van der Waals surface area (Å²) in [5.41, 5.74) is 2.59. The van der Waals surface area contributed by atoms with Crippen molar-refractivity contribution in [3.05, 3.63) is 24.3 Å². The van der Waals surface area contributed by atoms with Gasteiger partial charge < -0.3 is 10.2 Å². The van der Waals surface area contributed by atoms with Crippen molar-refractivity contribution in [3.8, 4) is 0 Å². The molecule has 0 atom stereocenters. The van der Waals surface area contributed by atoms with Crippen LogP contribution in [-0.2, 0) is 0 Å². The van der Waals surface area contributed by atoms with Crippen LogP contribution >= 0.6 is 0 Å². The third-order valence-corrected chi connectivity index (χ3v) is 2.77. The summed E-state index contributed by atoms with van der Waals surface area (Å²) in [7, 11) is 0. The first-order chi connectivity index (χ1) is 7.25. The molecular weight excluding hydrogens is 184 g/mol. The SMILES string of the molecule is CC(C)Nc1cccc(N2CCCC2)c1. The molecular formula is C13H20N2. The van der Waals surface area contributed by atoms with Crippen LogP contribution in [0.2, 0.25) is 0 Å². The monoisotopic (exact) mass is 204 g/mol. The third kappa shape index (κ3) is 2.65. The highest BCUT2D eigenvalue weighted by Crippen LogP contribution is 2.23. The van der Waals surface area contributed by atoms with Crippen LogP contribution in [0.15, 0.2) is 24.3 Å². The van der Waals surface area contributed by atoms with E-state index in [2.05, 4.69) is 48.3 Å². The van der Waals surface area contributed by atoms with Gasteiger partial charge in [-0.25, -0.2) is 0 Å². The first-order valence-electron chi connectivity index (χ1n) is 5.87. The highest BCUT2D eigenvalue weighted by molar-refractivity contribution is 5.58. The van der Waals surface area contributed by atoms with E-state index in [1.165, 1.54) is 37.3 Å². The second kappa shape index (κ2) is 4.56. The fraction of sp³-hybridized carbons (Fsp3) is 0.538. The van der Waals surface area contributed by atoms with E-state index >= 15 is 0 Å². The molecule has 0 saturated carbocycles. The summed E-state index contributed by atoms with van der Waals surface area (Å²) in [5.74, 6) is 0. The summed E-state index contributed by atoms with van der Waals surface area (Å²) in [5, 5.41) is 3.44. The van der Waals surface area contributed by atoms with Crippen LogP contribution in [0.5, 0.6) is 0 Å². The lowest BCUT2D eigenvalue weighted by Crippen LogP contribution is -2.18. The Morgan fingerprint density at radius 3 is 2.60 bits per heavy atom. The van der Waals surface area contributed by atoms with Gasteiger partial charge in [-0.2, -0.15) is 0 Å². The molecule has 1 aromatic rings. The summed E-state index contributed by atoms with van der Waals surface area (Å²) >= 11 is 0. The van der Waals surface area contributed by atoms with Gasteiger partial charge in [-0.3, -0.25) is 0 Å². The minimum atomic E-state index is 0.499. The van der Waals surface area contributed by atoms with Gasteiger partial charge in [-0.1, -0.05) is 6.07 Å². The van der Waals surface area contributed by atoms with Crippen LogP contribution in [0.1, 0.15) is 26.7 Å². The fourth-order valence-corrected chi connectivity index (χ4v) is 2.10. The third-order valence-electron chi connectivity index (χ3n) is 2.77. The van der Waals surface area contributed by atoms with Crippen molar-refractivity contribution in [3.63, 3.8) is 0 Å². The molecule has 0 radical (unpaired) electrons. The smallest absolute Gasteiger partial charge is 0.0386 e. The van der Waals surface area contributed by atoms with Crippen molar-refractivity contribution in [2.75, 3.05) is 23.3 Å². The quantitative estimate of drug-likeness (QED) is 0.814. The van der Waals surface area contributed by atoms with Crippen LogP contribution in [0.3, 0.4) is 0 Å². The Kier molecular flexibility index (Phi) is 3.14. The molecule has 1 N–H and O–H groups in total. The Hall–Kier alpha value is -1.18. The molecule has 0 bridgehead atoms. The van der Waals surface area contributed by atoms with Crippen LogP contribution in [-0.4, -0.2) is 19.1 Å². The van der Waals surface area contributed by atoms with Crippen LogP contribution < -0.4 is 10.2 Å². The molecule has 0 aliphatic carbocycles. The Labute approximate surface area is 92.3 Å². The highest BCUT2D eigenvalue weighted by atomic mass is 15.1. The maximum atomic E-state index is 3.44. The van der Waals surface area contributed by atoms with Gasteiger partial charge in [-0.05, 0) is 44.9 Å². The zero-order valence-electron chi connectivity index (χ0n) is 9.66. The lowest BCUT2D eigenvalue weighted by atomic mass is 10.2. The molecule has 82 valence electrons. The Morgan fingerprint density at radius 2 is 1.93 bits per heavy atom. The molecule has 1 aliphatic heterocycles. The van der Waals surface area contributed by atoms with Crippen LogP contribution in [0.4, 0.5) is 11.4 Å². The summed E-state index contributed by atoms with van der Waals surface area (Å²) < 4.78 is 0. The van der Waals surface area contributed by atoms with E-state index < -0.39 is 0 Å². The van der Waals surface area contributed by atoms with E-state index in [0.717, 1.165) is 0 Å². The van der Waals surface area contributed by atoms with Gasteiger partial charge in [0.05, 0.1) is 0 Å². The van der Waals surface area contributed by atoms with E-state index in [9.17, 15) is 0 Å². The first kappa shape index (κ1) is 10.3. The van der Waals surface area contributed by atoms with E-state index in [1.807, 2.05) is 0 Å². The minimum Gasteiger partial charge on any atom is -0.383 e. The van der Waals surface area contributed by atoms with Gasteiger partial charge in [0.25, 0.3) is 0 Å². The van der Waals surface area contributed by atoms with Crippen molar-refractivity contribution in [1.82, 2.24) is 0 Å². The molecule has 0 amide bonds. The number of benzene rings is 1. The van der Waals surface area contributed by atoms with Crippen LogP contribution in [0, 0.1) is 0 Å². The topological polar surface area (TPSA) is 15.3 Å². The van der Waals surface area contributed by atoms with E-state index in [4.69, 9.17) is 0 Å². The van der Waals surface area contributed by atoms with Crippen molar-refractivity contribution in [2.24, 2.45) is 0 Å². The Bertz CT molecular complexity index is 314. The molecule has 0 unspecified atom stereocenters. The minimum absolute atomic E-state index is 0.499. The van der Waals surface area contributed by atoms with Gasteiger partial charge in [0, 0.05) is 30.5 Å². The zero-order chi connectivity index (χ0) is 10.7. The molecule has 2 nitrogen and oxygen atoms in total. The number of anilines is 2. The van der Waals surface area contributed by atoms with Crippen LogP contribution in [0.25, 0.3) is 0 Å². The molecule has 0 aromatic heterocycles. The molecule has 0 spiro atoms. The summed E-state index contributed by atoms with van der Waals surface area (Å²) in [4.78, 5) is 2.46. The Balaban J connectivity index is 2.11. The largest absolute Gasteiger partial charge is 0.383 e. The van der Waals surface area contributed by atoms with Crippen molar-refractivity contribution >= 4 is 11.4 Å².